The number of hydrogen-bond donors (Lipinski definition) is 1. The van der Waals surface area contributed by atoms with Crippen molar-refractivity contribution in [3.63, 3.8) is 0 Å². The van der Waals surface area contributed by atoms with Crippen molar-refractivity contribution in [3.05, 3.63) is 16.6 Å². The van der Waals surface area contributed by atoms with E-state index in [-0.39, 0.29) is 17.2 Å². The highest BCUT2D eigenvalue weighted by Gasteiger charge is 2.38. The highest BCUT2D eigenvalue weighted by Crippen LogP contribution is 2.32. The van der Waals surface area contributed by atoms with Crippen LogP contribution in [0.15, 0.2) is 16.6 Å². The number of ether oxygens (including phenoxy) is 2. The van der Waals surface area contributed by atoms with Crippen LogP contribution in [0.4, 0.5) is 0 Å². The Labute approximate surface area is 129 Å². The maximum absolute atomic E-state index is 6.07. The van der Waals surface area contributed by atoms with Crippen molar-refractivity contribution in [2.24, 2.45) is 0 Å². The molecule has 5 heteroatoms. The van der Waals surface area contributed by atoms with Crippen molar-refractivity contribution in [1.82, 2.24) is 10.3 Å². The Bertz CT molecular complexity index is 473. The number of nitrogens with zero attached hydrogens (tertiary/aromatic N) is 1. The number of piperidine rings is 1. The van der Waals surface area contributed by atoms with E-state index in [1.165, 1.54) is 0 Å². The van der Waals surface area contributed by atoms with Gasteiger partial charge in [0, 0.05) is 30.0 Å². The van der Waals surface area contributed by atoms with E-state index < -0.39 is 0 Å². The van der Waals surface area contributed by atoms with E-state index in [9.17, 15) is 0 Å². The summed E-state index contributed by atoms with van der Waals surface area (Å²) < 4.78 is 12.1. The summed E-state index contributed by atoms with van der Waals surface area (Å²) >= 11 is 3.40. The van der Waals surface area contributed by atoms with Gasteiger partial charge in [0.15, 0.2) is 0 Å². The molecule has 1 aromatic heterocycles. The predicted octanol–water partition coefficient (Wildman–Crippen LogP) is 3.54. The van der Waals surface area contributed by atoms with Gasteiger partial charge in [0.25, 0.3) is 0 Å². The third-order valence-electron chi connectivity index (χ3n) is 3.42. The lowest BCUT2D eigenvalue weighted by Gasteiger charge is -2.46. The van der Waals surface area contributed by atoms with Crippen LogP contribution in [0.2, 0.25) is 0 Å². The molecule has 0 atom stereocenters. The molecule has 1 aliphatic heterocycles. The van der Waals surface area contributed by atoms with E-state index in [1.807, 2.05) is 12.1 Å². The second kappa shape index (κ2) is 5.53. The first-order chi connectivity index (χ1) is 9.21. The lowest BCUT2D eigenvalue weighted by molar-refractivity contribution is 0.0526. The number of hydrogen-bond acceptors (Lipinski definition) is 4. The number of methoxy groups -OCH3 is 1. The molecule has 4 nitrogen and oxygen atoms in total. The molecule has 1 saturated heterocycles. The molecule has 2 heterocycles. The molecule has 20 heavy (non-hydrogen) atoms. The molecule has 1 aromatic rings. The van der Waals surface area contributed by atoms with Crippen LogP contribution in [0.1, 0.15) is 40.5 Å². The minimum absolute atomic E-state index is 0.0614. The minimum atomic E-state index is 0.0614. The highest BCUT2D eigenvalue weighted by molar-refractivity contribution is 9.10. The first kappa shape index (κ1) is 15.6. The van der Waals surface area contributed by atoms with Crippen LogP contribution in [0.25, 0.3) is 0 Å². The van der Waals surface area contributed by atoms with E-state index in [1.54, 1.807) is 7.11 Å². The second-order valence-electron chi connectivity index (χ2n) is 6.68. The van der Waals surface area contributed by atoms with Gasteiger partial charge in [-0.25, -0.2) is 0 Å². The lowest BCUT2D eigenvalue weighted by atomic mass is 9.81. The van der Waals surface area contributed by atoms with Gasteiger partial charge < -0.3 is 14.8 Å². The van der Waals surface area contributed by atoms with Crippen molar-refractivity contribution >= 4 is 15.9 Å². The zero-order valence-electron chi connectivity index (χ0n) is 12.8. The molecular formula is C15H23BrN2O2. The van der Waals surface area contributed by atoms with E-state index in [0.717, 1.165) is 17.3 Å². The topological polar surface area (TPSA) is 43.4 Å². The second-order valence-corrected chi connectivity index (χ2v) is 7.54. The Balaban J connectivity index is 2.13. The lowest BCUT2D eigenvalue weighted by Crippen LogP contribution is -2.60. The number of aromatic nitrogens is 1. The van der Waals surface area contributed by atoms with Crippen LogP contribution in [-0.2, 0) is 0 Å². The van der Waals surface area contributed by atoms with Gasteiger partial charge >= 0.3 is 0 Å². The van der Waals surface area contributed by atoms with E-state index >= 15 is 0 Å². The number of pyridine rings is 1. The maximum atomic E-state index is 6.07. The summed E-state index contributed by atoms with van der Waals surface area (Å²) in [4.78, 5) is 4.37. The summed E-state index contributed by atoms with van der Waals surface area (Å²) in [6.07, 6.45) is 2.06. The van der Waals surface area contributed by atoms with Crippen LogP contribution >= 0.6 is 15.9 Å². The molecule has 0 aromatic carbocycles. The van der Waals surface area contributed by atoms with Crippen molar-refractivity contribution < 1.29 is 9.47 Å². The molecule has 1 N–H and O–H groups in total. The van der Waals surface area contributed by atoms with Gasteiger partial charge in [0.2, 0.25) is 11.8 Å². The molecular weight excluding hydrogens is 320 g/mol. The molecule has 0 spiro atoms. The summed E-state index contributed by atoms with van der Waals surface area (Å²) in [7, 11) is 1.60. The average Bonchev–Trinajstić information content (AvgIpc) is 2.27. The van der Waals surface area contributed by atoms with Gasteiger partial charge in [-0.2, -0.15) is 4.98 Å². The van der Waals surface area contributed by atoms with Crippen molar-refractivity contribution in [1.29, 1.82) is 0 Å². The molecule has 1 aliphatic rings. The molecule has 0 radical (unpaired) electrons. The van der Waals surface area contributed by atoms with E-state index in [4.69, 9.17) is 9.47 Å². The smallest absolute Gasteiger partial charge is 0.231 e. The minimum Gasteiger partial charge on any atom is -0.480 e. The van der Waals surface area contributed by atoms with Gasteiger partial charge in [-0.05, 0) is 49.7 Å². The number of rotatable bonds is 3. The first-order valence-electron chi connectivity index (χ1n) is 6.87. The van der Waals surface area contributed by atoms with Crippen molar-refractivity contribution in [3.8, 4) is 11.8 Å². The van der Waals surface area contributed by atoms with Crippen LogP contribution in [0.5, 0.6) is 11.8 Å². The number of nitrogens with one attached hydrogen (secondary N) is 1. The standard InChI is InChI=1S/C15H23BrN2O2/c1-14(2)8-10(9-15(3,4)18-14)20-12-7-6-11(16)13(17-12)19-5/h6-7,10,18H,8-9H2,1-5H3. The molecule has 0 bridgehead atoms. The van der Waals surface area contributed by atoms with Gasteiger partial charge in [-0.1, -0.05) is 0 Å². The molecule has 112 valence electrons. The maximum Gasteiger partial charge on any atom is 0.231 e. The molecule has 0 unspecified atom stereocenters. The summed E-state index contributed by atoms with van der Waals surface area (Å²) in [5, 5.41) is 3.65. The summed E-state index contributed by atoms with van der Waals surface area (Å²) in [6.45, 7) is 8.83. The molecule has 1 fully saturated rings. The molecule has 0 aliphatic carbocycles. The third-order valence-corrected chi connectivity index (χ3v) is 4.03. The Morgan fingerprint density at radius 1 is 1.20 bits per heavy atom. The zero-order valence-corrected chi connectivity index (χ0v) is 14.4. The third kappa shape index (κ3) is 3.85. The van der Waals surface area contributed by atoms with Gasteiger partial charge in [0.1, 0.15) is 6.10 Å². The van der Waals surface area contributed by atoms with Gasteiger partial charge in [-0.3, -0.25) is 0 Å². The van der Waals surface area contributed by atoms with Crippen molar-refractivity contribution in [2.75, 3.05) is 7.11 Å². The number of halogens is 1. The molecule has 0 amide bonds. The molecule has 0 saturated carbocycles. The average molecular weight is 343 g/mol. The van der Waals surface area contributed by atoms with Crippen LogP contribution in [0, 0.1) is 0 Å². The van der Waals surface area contributed by atoms with Crippen LogP contribution in [-0.4, -0.2) is 29.3 Å². The van der Waals surface area contributed by atoms with E-state index in [0.29, 0.717) is 11.8 Å². The summed E-state index contributed by atoms with van der Waals surface area (Å²) in [6, 6.07) is 3.77. The predicted molar refractivity (Wildman–Crippen MR) is 83.4 cm³/mol. The quantitative estimate of drug-likeness (QED) is 0.912. The normalized spacial score (nSPS) is 21.5. The van der Waals surface area contributed by atoms with Crippen LogP contribution < -0.4 is 14.8 Å². The van der Waals surface area contributed by atoms with Gasteiger partial charge in [0.05, 0.1) is 11.6 Å². The molecule has 2 rings (SSSR count). The first-order valence-corrected chi connectivity index (χ1v) is 7.67. The Morgan fingerprint density at radius 3 is 2.35 bits per heavy atom. The summed E-state index contributed by atoms with van der Waals surface area (Å²) in [5.41, 5.74) is 0.123. The largest absolute Gasteiger partial charge is 0.480 e. The van der Waals surface area contributed by atoms with E-state index in [2.05, 4.69) is 53.9 Å². The van der Waals surface area contributed by atoms with Crippen LogP contribution in [0.3, 0.4) is 0 Å². The Hall–Kier alpha value is -0.810. The van der Waals surface area contributed by atoms with Gasteiger partial charge in [-0.15, -0.1) is 0 Å². The Morgan fingerprint density at radius 2 is 1.80 bits per heavy atom. The Kier molecular flexibility index (Phi) is 4.30. The zero-order chi connectivity index (χ0) is 15.0. The SMILES string of the molecule is COc1nc(OC2CC(C)(C)NC(C)(C)C2)ccc1Br. The fraction of sp³-hybridized carbons (Fsp3) is 0.667. The van der Waals surface area contributed by atoms with Crippen molar-refractivity contribution in [2.45, 2.75) is 57.7 Å². The highest BCUT2D eigenvalue weighted by atomic mass is 79.9. The monoisotopic (exact) mass is 342 g/mol. The summed E-state index contributed by atoms with van der Waals surface area (Å²) in [5.74, 6) is 1.17. The fourth-order valence-corrected chi connectivity index (χ4v) is 3.48. The fourth-order valence-electron chi connectivity index (χ4n) is 3.10.